The second kappa shape index (κ2) is 8.52. The molecule has 27 heavy (non-hydrogen) atoms. The molecular weight excluding hydrogens is 402 g/mol. The Balaban J connectivity index is 1.85. The summed E-state index contributed by atoms with van der Waals surface area (Å²) in [6.07, 6.45) is 4.42. The van der Waals surface area contributed by atoms with Crippen molar-refractivity contribution in [3.8, 4) is 11.8 Å². The van der Waals surface area contributed by atoms with Crippen molar-refractivity contribution in [2.45, 2.75) is 13.3 Å². The van der Waals surface area contributed by atoms with E-state index < -0.39 is 5.91 Å². The molecule has 0 aliphatic rings. The maximum absolute atomic E-state index is 12.5. The van der Waals surface area contributed by atoms with Crippen LogP contribution < -0.4 is 5.32 Å². The zero-order valence-corrected chi connectivity index (χ0v) is 16.4. The molecule has 0 atom stereocenters. The molecule has 1 aromatic heterocycles. The molecule has 1 heterocycles. The van der Waals surface area contributed by atoms with Crippen molar-refractivity contribution in [3.63, 3.8) is 0 Å². The molecule has 0 saturated carbocycles. The van der Waals surface area contributed by atoms with Crippen LogP contribution in [0.4, 0.5) is 5.69 Å². The number of benzene rings is 2. The highest BCUT2D eigenvalue weighted by Crippen LogP contribution is 2.20. The van der Waals surface area contributed by atoms with E-state index in [2.05, 4.69) is 28.2 Å². The molecule has 0 saturated heterocycles. The van der Waals surface area contributed by atoms with Gasteiger partial charge in [-0.2, -0.15) is 5.26 Å². The van der Waals surface area contributed by atoms with Crippen LogP contribution in [0.5, 0.6) is 0 Å². The molecule has 1 amide bonds. The molecular formula is C22H18BrN3O. The molecule has 0 unspecified atom stereocenters. The summed E-state index contributed by atoms with van der Waals surface area (Å²) in [6.45, 7) is 2.07. The number of rotatable bonds is 5. The van der Waals surface area contributed by atoms with Crippen molar-refractivity contribution >= 4 is 33.6 Å². The number of anilines is 1. The maximum atomic E-state index is 12.5. The number of hydrogen-bond acceptors (Lipinski definition) is 2. The van der Waals surface area contributed by atoms with Crippen LogP contribution in [0.2, 0.25) is 0 Å². The largest absolute Gasteiger partial charge is 0.321 e. The van der Waals surface area contributed by atoms with Gasteiger partial charge in [0.15, 0.2) is 0 Å². The van der Waals surface area contributed by atoms with Gasteiger partial charge < -0.3 is 9.88 Å². The van der Waals surface area contributed by atoms with E-state index in [0.29, 0.717) is 5.69 Å². The highest BCUT2D eigenvalue weighted by atomic mass is 79.9. The van der Waals surface area contributed by atoms with Crippen LogP contribution in [0.25, 0.3) is 11.8 Å². The molecule has 0 spiro atoms. The Morgan fingerprint density at radius 2 is 1.96 bits per heavy atom. The Bertz CT molecular complexity index is 1030. The third-order valence-corrected chi connectivity index (χ3v) is 4.64. The van der Waals surface area contributed by atoms with Crippen molar-refractivity contribution in [1.82, 2.24) is 4.57 Å². The minimum Gasteiger partial charge on any atom is -0.321 e. The number of nitrogens with zero attached hydrogens (tertiary/aromatic N) is 2. The van der Waals surface area contributed by atoms with Gasteiger partial charge in [0.05, 0.1) is 0 Å². The van der Waals surface area contributed by atoms with Crippen LogP contribution in [0, 0.1) is 11.3 Å². The average Bonchev–Trinajstić information content (AvgIpc) is 3.15. The molecule has 0 radical (unpaired) electrons. The zero-order valence-electron chi connectivity index (χ0n) is 14.8. The van der Waals surface area contributed by atoms with Gasteiger partial charge in [0.1, 0.15) is 11.6 Å². The molecule has 3 rings (SSSR count). The van der Waals surface area contributed by atoms with Crippen molar-refractivity contribution in [1.29, 1.82) is 5.26 Å². The molecule has 0 aliphatic heterocycles. The van der Waals surface area contributed by atoms with Crippen molar-refractivity contribution < 1.29 is 4.79 Å². The number of carbonyl (C=O) groups excluding carboxylic acids is 1. The zero-order chi connectivity index (χ0) is 19.2. The summed E-state index contributed by atoms with van der Waals surface area (Å²) in [5.74, 6) is -0.427. The van der Waals surface area contributed by atoms with E-state index in [-0.39, 0.29) is 5.57 Å². The standard InChI is InChI=1S/C22H18BrN3O/c1-2-16-8-10-19(11-9-16)25-22(27)17(15-24)13-20-7-4-12-26(20)21-6-3-5-18(23)14-21/h3-14H,2H2,1H3,(H,25,27)/b17-13-. The first-order valence-electron chi connectivity index (χ1n) is 8.56. The van der Waals surface area contributed by atoms with Gasteiger partial charge in [0, 0.05) is 27.7 Å². The fourth-order valence-corrected chi connectivity index (χ4v) is 3.08. The van der Waals surface area contributed by atoms with Gasteiger partial charge in [-0.25, -0.2) is 0 Å². The van der Waals surface area contributed by atoms with E-state index in [0.717, 1.165) is 22.3 Å². The van der Waals surface area contributed by atoms with E-state index in [1.165, 1.54) is 5.56 Å². The Hall–Kier alpha value is -3.10. The lowest BCUT2D eigenvalue weighted by Gasteiger charge is -2.08. The molecule has 0 aliphatic carbocycles. The molecule has 4 nitrogen and oxygen atoms in total. The summed E-state index contributed by atoms with van der Waals surface area (Å²) in [5.41, 5.74) is 3.59. The minimum absolute atomic E-state index is 0.0458. The Morgan fingerprint density at radius 3 is 2.63 bits per heavy atom. The molecule has 0 bridgehead atoms. The lowest BCUT2D eigenvalue weighted by Crippen LogP contribution is -2.13. The molecule has 1 N–H and O–H groups in total. The van der Waals surface area contributed by atoms with Gasteiger partial charge in [-0.05, 0) is 60.5 Å². The maximum Gasteiger partial charge on any atom is 0.266 e. The average molecular weight is 420 g/mol. The third kappa shape index (κ3) is 4.55. The smallest absolute Gasteiger partial charge is 0.266 e. The number of aryl methyl sites for hydroxylation is 1. The second-order valence-electron chi connectivity index (χ2n) is 5.96. The fraction of sp³-hybridized carbons (Fsp3) is 0.0909. The predicted octanol–water partition coefficient (Wildman–Crippen LogP) is 5.35. The van der Waals surface area contributed by atoms with Crippen LogP contribution in [0.3, 0.4) is 0 Å². The van der Waals surface area contributed by atoms with Gasteiger partial charge in [0.25, 0.3) is 5.91 Å². The number of hydrogen-bond donors (Lipinski definition) is 1. The lowest BCUT2D eigenvalue weighted by atomic mass is 10.1. The molecule has 0 fully saturated rings. The highest BCUT2D eigenvalue weighted by Gasteiger charge is 2.11. The Morgan fingerprint density at radius 1 is 1.19 bits per heavy atom. The first kappa shape index (κ1) is 18.7. The van der Waals surface area contributed by atoms with Crippen LogP contribution in [-0.4, -0.2) is 10.5 Å². The summed E-state index contributed by atoms with van der Waals surface area (Å²) in [7, 11) is 0. The number of halogens is 1. The summed E-state index contributed by atoms with van der Waals surface area (Å²) < 4.78 is 2.88. The predicted molar refractivity (Wildman–Crippen MR) is 112 cm³/mol. The van der Waals surface area contributed by atoms with E-state index in [9.17, 15) is 10.1 Å². The van der Waals surface area contributed by atoms with Gasteiger partial charge in [0.2, 0.25) is 0 Å². The highest BCUT2D eigenvalue weighted by molar-refractivity contribution is 9.10. The van der Waals surface area contributed by atoms with E-state index >= 15 is 0 Å². The summed E-state index contributed by atoms with van der Waals surface area (Å²) in [5, 5.41) is 12.2. The van der Waals surface area contributed by atoms with Crippen LogP contribution >= 0.6 is 15.9 Å². The third-order valence-electron chi connectivity index (χ3n) is 4.14. The summed E-state index contributed by atoms with van der Waals surface area (Å²) in [6, 6.07) is 21.2. The van der Waals surface area contributed by atoms with Crippen molar-refractivity contribution in [2.24, 2.45) is 0 Å². The molecule has 134 valence electrons. The van der Waals surface area contributed by atoms with Crippen molar-refractivity contribution in [3.05, 3.63) is 88.2 Å². The lowest BCUT2D eigenvalue weighted by molar-refractivity contribution is -0.112. The van der Waals surface area contributed by atoms with E-state index in [4.69, 9.17) is 0 Å². The van der Waals surface area contributed by atoms with Gasteiger partial charge in [-0.3, -0.25) is 4.79 Å². The number of nitriles is 1. The van der Waals surface area contributed by atoms with Gasteiger partial charge >= 0.3 is 0 Å². The first-order chi connectivity index (χ1) is 13.1. The quantitative estimate of drug-likeness (QED) is 0.447. The molecule has 5 heteroatoms. The van der Waals surface area contributed by atoms with Crippen LogP contribution in [-0.2, 0) is 11.2 Å². The van der Waals surface area contributed by atoms with E-state index in [1.54, 1.807) is 6.08 Å². The Kier molecular flexibility index (Phi) is 5.90. The number of carbonyl (C=O) groups is 1. The van der Waals surface area contributed by atoms with Crippen molar-refractivity contribution in [2.75, 3.05) is 5.32 Å². The van der Waals surface area contributed by atoms with Crippen LogP contribution in [0.15, 0.2) is 76.9 Å². The van der Waals surface area contributed by atoms with E-state index in [1.807, 2.05) is 77.5 Å². The van der Waals surface area contributed by atoms with Crippen LogP contribution in [0.1, 0.15) is 18.2 Å². The molecule has 3 aromatic rings. The second-order valence-corrected chi connectivity index (χ2v) is 6.87. The summed E-state index contributed by atoms with van der Waals surface area (Å²) >= 11 is 3.46. The monoisotopic (exact) mass is 419 g/mol. The topological polar surface area (TPSA) is 57.8 Å². The first-order valence-corrected chi connectivity index (χ1v) is 9.35. The SMILES string of the molecule is CCc1ccc(NC(=O)/C(C#N)=C\c2cccn2-c2cccc(Br)c2)cc1. The summed E-state index contributed by atoms with van der Waals surface area (Å²) in [4.78, 5) is 12.5. The Labute approximate surface area is 166 Å². The number of nitrogens with one attached hydrogen (secondary N) is 1. The number of amides is 1. The van der Waals surface area contributed by atoms with Gasteiger partial charge in [-0.1, -0.05) is 41.1 Å². The van der Waals surface area contributed by atoms with Gasteiger partial charge in [-0.15, -0.1) is 0 Å². The normalized spacial score (nSPS) is 11.1. The minimum atomic E-state index is -0.427. The fourth-order valence-electron chi connectivity index (χ4n) is 2.69. The molecule has 2 aromatic carbocycles. The number of aromatic nitrogens is 1.